The zero-order chi connectivity index (χ0) is 12.9. The van der Waals surface area contributed by atoms with Crippen LogP contribution in [-0.2, 0) is 9.53 Å². The first-order chi connectivity index (χ1) is 8.26. The molecule has 102 valence electrons. The fraction of sp³-hybridized carbons (Fsp3) is 0.917. The Hall–Kier alpha value is -0.650. The normalized spacial score (nSPS) is 10.5. The highest BCUT2D eigenvalue weighted by Crippen LogP contribution is 2.05. The molecule has 0 aliphatic rings. The minimum Gasteiger partial charge on any atom is -0.395 e. The highest BCUT2D eigenvalue weighted by atomic mass is 16.5. The molecule has 0 spiro atoms. The van der Waals surface area contributed by atoms with Crippen LogP contribution < -0.4 is 5.73 Å². The van der Waals surface area contributed by atoms with E-state index in [9.17, 15) is 4.79 Å². The van der Waals surface area contributed by atoms with Crippen molar-refractivity contribution in [1.82, 2.24) is 4.90 Å². The first kappa shape index (κ1) is 16.4. The number of amides is 1. The smallest absolute Gasteiger partial charge is 0.222 e. The molecular weight excluding hydrogens is 220 g/mol. The fourth-order valence-corrected chi connectivity index (χ4v) is 1.62. The van der Waals surface area contributed by atoms with Gasteiger partial charge in [-0.15, -0.1) is 0 Å². The van der Waals surface area contributed by atoms with Gasteiger partial charge < -0.3 is 20.5 Å². The molecule has 17 heavy (non-hydrogen) atoms. The van der Waals surface area contributed by atoms with Crippen LogP contribution in [0.25, 0.3) is 0 Å². The molecule has 0 radical (unpaired) electrons. The van der Waals surface area contributed by atoms with Gasteiger partial charge in [-0.2, -0.15) is 0 Å². The molecule has 0 aliphatic heterocycles. The SMILES string of the molecule is COCCN(CCO)C(=O)CCCCCCN. The van der Waals surface area contributed by atoms with Crippen molar-refractivity contribution in [2.45, 2.75) is 32.1 Å². The Bertz CT molecular complexity index is 189. The number of nitrogens with two attached hydrogens (primary N) is 1. The molecule has 0 aromatic carbocycles. The van der Waals surface area contributed by atoms with E-state index in [-0.39, 0.29) is 12.5 Å². The maximum Gasteiger partial charge on any atom is 0.222 e. The van der Waals surface area contributed by atoms with Crippen LogP contribution in [0.3, 0.4) is 0 Å². The molecule has 0 saturated heterocycles. The van der Waals surface area contributed by atoms with Crippen LogP contribution in [0.4, 0.5) is 0 Å². The zero-order valence-corrected chi connectivity index (χ0v) is 10.9. The van der Waals surface area contributed by atoms with Gasteiger partial charge in [0.05, 0.1) is 13.2 Å². The van der Waals surface area contributed by atoms with Crippen LogP contribution >= 0.6 is 0 Å². The minimum atomic E-state index is 0.00261. The molecule has 0 aliphatic carbocycles. The van der Waals surface area contributed by atoms with Crippen molar-refractivity contribution in [2.75, 3.05) is 40.0 Å². The molecule has 0 bridgehead atoms. The minimum absolute atomic E-state index is 0.00261. The monoisotopic (exact) mass is 246 g/mol. The number of carbonyl (C=O) groups excluding carboxylic acids is 1. The van der Waals surface area contributed by atoms with Crippen molar-refractivity contribution < 1.29 is 14.6 Å². The lowest BCUT2D eigenvalue weighted by Crippen LogP contribution is -2.36. The topological polar surface area (TPSA) is 75.8 Å². The summed E-state index contributed by atoms with van der Waals surface area (Å²) in [5.41, 5.74) is 5.40. The second-order valence-corrected chi connectivity index (χ2v) is 4.05. The molecule has 0 saturated carbocycles. The summed E-state index contributed by atoms with van der Waals surface area (Å²) in [5.74, 6) is 0.101. The van der Waals surface area contributed by atoms with Crippen molar-refractivity contribution in [3.8, 4) is 0 Å². The fourth-order valence-electron chi connectivity index (χ4n) is 1.62. The third kappa shape index (κ3) is 9.09. The van der Waals surface area contributed by atoms with Gasteiger partial charge in [0.15, 0.2) is 0 Å². The predicted molar refractivity (Wildman–Crippen MR) is 67.7 cm³/mol. The summed E-state index contributed by atoms with van der Waals surface area (Å²) < 4.78 is 4.94. The Morgan fingerprint density at radius 1 is 1.24 bits per heavy atom. The number of methoxy groups -OCH3 is 1. The maximum absolute atomic E-state index is 11.8. The largest absolute Gasteiger partial charge is 0.395 e. The van der Waals surface area contributed by atoms with E-state index in [0.29, 0.717) is 26.1 Å². The van der Waals surface area contributed by atoms with Gasteiger partial charge in [0.1, 0.15) is 0 Å². The number of nitrogens with zero attached hydrogens (tertiary/aromatic N) is 1. The summed E-state index contributed by atoms with van der Waals surface area (Å²) in [6.07, 6.45) is 4.60. The Morgan fingerprint density at radius 2 is 1.94 bits per heavy atom. The molecule has 0 aromatic heterocycles. The predicted octanol–water partition coefficient (Wildman–Crippen LogP) is 0.363. The Kier molecular flexibility index (Phi) is 11.4. The number of hydrogen-bond acceptors (Lipinski definition) is 4. The first-order valence-corrected chi connectivity index (χ1v) is 6.34. The summed E-state index contributed by atoms with van der Waals surface area (Å²) >= 11 is 0. The highest BCUT2D eigenvalue weighted by Gasteiger charge is 2.11. The van der Waals surface area contributed by atoms with E-state index in [1.165, 1.54) is 0 Å². The van der Waals surface area contributed by atoms with E-state index >= 15 is 0 Å². The average molecular weight is 246 g/mol. The quantitative estimate of drug-likeness (QED) is 0.516. The van der Waals surface area contributed by atoms with Gasteiger partial charge in [-0.1, -0.05) is 12.8 Å². The van der Waals surface area contributed by atoms with Crippen molar-refractivity contribution in [2.24, 2.45) is 5.73 Å². The number of ether oxygens (including phenoxy) is 1. The number of hydrogen-bond donors (Lipinski definition) is 2. The van der Waals surface area contributed by atoms with Crippen molar-refractivity contribution in [3.63, 3.8) is 0 Å². The highest BCUT2D eigenvalue weighted by molar-refractivity contribution is 5.76. The van der Waals surface area contributed by atoms with Crippen molar-refractivity contribution >= 4 is 5.91 Å². The van der Waals surface area contributed by atoms with E-state index in [1.54, 1.807) is 12.0 Å². The lowest BCUT2D eigenvalue weighted by molar-refractivity contribution is -0.132. The summed E-state index contributed by atoms with van der Waals surface area (Å²) in [5, 5.41) is 8.88. The summed E-state index contributed by atoms with van der Waals surface area (Å²) in [7, 11) is 1.61. The molecule has 0 heterocycles. The number of unbranched alkanes of at least 4 members (excludes halogenated alkanes) is 3. The molecule has 0 aromatic rings. The summed E-state index contributed by atoms with van der Waals surface area (Å²) in [6.45, 7) is 2.18. The Morgan fingerprint density at radius 3 is 2.53 bits per heavy atom. The molecule has 0 rings (SSSR count). The molecule has 0 unspecified atom stereocenters. The van der Waals surface area contributed by atoms with E-state index < -0.39 is 0 Å². The Balaban J connectivity index is 3.72. The van der Waals surface area contributed by atoms with Crippen LogP contribution in [0.15, 0.2) is 0 Å². The third-order valence-electron chi connectivity index (χ3n) is 2.63. The molecule has 5 heteroatoms. The molecule has 3 N–H and O–H groups in total. The first-order valence-electron chi connectivity index (χ1n) is 6.34. The van der Waals surface area contributed by atoms with Crippen LogP contribution in [0.5, 0.6) is 0 Å². The Labute approximate surface area is 104 Å². The van der Waals surface area contributed by atoms with Crippen LogP contribution in [0.1, 0.15) is 32.1 Å². The summed E-state index contributed by atoms with van der Waals surface area (Å²) in [6, 6.07) is 0. The second-order valence-electron chi connectivity index (χ2n) is 4.05. The average Bonchev–Trinajstić information content (AvgIpc) is 2.34. The molecule has 0 fully saturated rings. The maximum atomic E-state index is 11.8. The second kappa shape index (κ2) is 11.8. The van der Waals surface area contributed by atoms with E-state index in [1.807, 2.05) is 0 Å². The number of rotatable bonds is 11. The van der Waals surface area contributed by atoms with Gasteiger partial charge in [-0.05, 0) is 19.4 Å². The number of aliphatic hydroxyl groups excluding tert-OH is 1. The zero-order valence-electron chi connectivity index (χ0n) is 10.9. The lowest BCUT2D eigenvalue weighted by Gasteiger charge is -2.21. The van der Waals surface area contributed by atoms with Gasteiger partial charge in [0.2, 0.25) is 5.91 Å². The van der Waals surface area contributed by atoms with Gasteiger partial charge >= 0.3 is 0 Å². The van der Waals surface area contributed by atoms with Crippen LogP contribution in [0.2, 0.25) is 0 Å². The molecule has 1 amide bonds. The van der Waals surface area contributed by atoms with Crippen molar-refractivity contribution in [3.05, 3.63) is 0 Å². The number of aliphatic hydroxyl groups is 1. The van der Waals surface area contributed by atoms with E-state index in [2.05, 4.69) is 0 Å². The van der Waals surface area contributed by atoms with Crippen LogP contribution in [-0.4, -0.2) is 55.9 Å². The van der Waals surface area contributed by atoms with Crippen LogP contribution in [0, 0.1) is 0 Å². The molecular formula is C12H26N2O3. The lowest BCUT2D eigenvalue weighted by atomic mass is 10.1. The van der Waals surface area contributed by atoms with Gasteiger partial charge in [0, 0.05) is 26.6 Å². The molecule has 5 nitrogen and oxygen atoms in total. The molecule has 0 atom stereocenters. The third-order valence-corrected chi connectivity index (χ3v) is 2.63. The van der Waals surface area contributed by atoms with Crippen molar-refractivity contribution in [1.29, 1.82) is 0 Å². The van der Waals surface area contributed by atoms with Gasteiger partial charge in [-0.3, -0.25) is 4.79 Å². The van der Waals surface area contributed by atoms with E-state index in [0.717, 1.165) is 32.2 Å². The standard InChI is InChI=1S/C12H26N2O3/c1-17-11-9-14(8-10-15)12(16)6-4-2-3-5-7-13/h15H,2-11,13H2,1H3. The summed E-state index contributed by atoms with van der Waals surface area (Å²) in [4.78, 5) is 13.5. The van der Waals surface area contributed by atoms with E-state index in [4.69, 9.17) is 15.6 Å². The van der Waals surface area contributed by atoms with Gasteiger partial charge in [-0.25, -0.2) is 0 Å². The van der Waals surface area contributed by atoms with Gasteiger partial charge in [0.25, 0.3) is 0 Å². The number of carbonyl (C=O) groups is 1.